The fraction of sp³-hybridized carbons (Fsp3) is 1.00. The monoisotopic (exact) mass is 162 g/mol. The van der Waals surface area contributed by atoms with Crippen LogP contribution >= 0.6 is 12.6 Å². The third kappa shape index (κ3) is 6.39. The molecule has 0 bridgehead atoms. The lowest BCUT2D eigenvalue weighted by Gasteiger charge is -2.10. The average molecular weight is 162 g/mol. The highest BCUT2D eigenvalue weighted by atomic mass is 32.1. The van der Waals surface area contributed by atoms with E-state index in [1.165, 1.54) is 19.3 Å². The second-order valence-corrected chi connectivity index (χ2v) is 2.87. The molecule has 3 heteroatoms. The Bertz CT molecular complexity index is 68.6. The first-order valence-electron chi connectivity index (χ1n) is 3.90. The number of unbranched alkanes of at least 4 members (excludes halogenated alkanes) is 2. The fourth-order valence-corrected chi connectivity index (χ4v) is 0.845. The predicted octanol–water partition coefficient (Wildman–Crippen LogP) is 1.20. The van der Waals surface area contributed by atoms with Gasteiger partial charge in [0.1, 0.15) is 5.50 Å². The van der Waals surface area contributed by atoms with Gasteiger partial charge in [-0.15, -0.1) is 12.6 Å². The van der Waals surface area contributed by atoms with E-state index in [1.807, 2.05) is 7.05 Å². The SMILES string of the molecule is CCCCCNC(S)NC. The summed E-state index contributed by atoms with van der Waals surface area (Å²) >= 11 is 4.21. The zero-order chi connectivity index (χ0) is 7.82. The Morgan fingerprint density at radius 1 is 1.40 bits per heavy atom. The Hall–Kier alpha value is 0.270. The molecule has 0 aliphatic heterocycles. The van der Waals surface area contributed by atoms with Gasteiger partial charge in [-0.3, -0.25) is 10.6 Å². The van der Waals surface area contributed by atoms with E-state index in [2.05, 4.69) is 30.2 Å². The summed E-state index contributed by atoms with van der Waals surface area (Å²) in [7, 11) is 1.89. The molecule has 0 aromatic carbocycles. The van der Waals surface area contributed by atoms with Gasteiger partial charge in [-0.2, -0.15) is 0 Å². The lowest BCUT2D eigenvalue weighted by molar-refractivity contribution is 0.559. The van der Waals surface area contributed by atoms with E-state index >= 15 is 0 Å². The fourth-order valence-electron chi connectivity index (χ4n) is 0.716. The molecule has 1 unspecified atom stereocenters. The zero-order valence-electron chi connectivity index (χ0n) is 6.85. The molecular weight excluding hydrogens is 144 g/mol. The number of thiol groups is 1. The first-order valence-corrected chi connectivity index (χ1v) is 4.41. The van der Waals surface area contributed by atoms with Crippen molar-refractivity contribution >= 4 is 12.6 Å². The van der Waals surface area contributed by atoms with E-state index in [9.17, 15) is 0 Å². The molecule has 0 amide bonds. The normalized spacial score (nSPS) is 13.5. The van der Waals surface area contributed by atoms with Crippen molar-refractivity contribution in [3.63, 3.8) is 0 Å². The molecule has 62 valence electrons. The van der Waals surface area contributed by atoms with Crippen molar-refractivity contribution in [3.8, 4) is 0 Å². The van der Waals surface area contributed by atoms with Crippen LogP contribution in [0.15, 0.2) is 0 Å². The minimum atomic E-state index is 0.150. The zero-order valence-corrected chi connectivity index (χ0v) is 7.75. The largest absolute Gasteiger partial charge is 0.297 e. The quantitative estimate of drug-likeness (QED) is 0.310. The Labute approximate surface area is 69.2 Å². The number of rotatable bonds is 6. The van der Waals surface area contributed by atoms with Crippen molar-refractivity contribution in [2.75, 3.05) is 13.6 Å². The molecule has 10 heavy (non-hydrogen) atoms. The van der Waals surface area contributed by atoms with Crippen molar-refractivity contribution in [2.24, 2.45) is 0 Å². The van der Waals surface area contributed by atoms with Gasteiger partial charge in [0, 0.05) is 0 Å². The maximum Gasteiger partial charge on any atom is 0.102 e. The van der Waals surface area contributed by atoms with Gasteiger partial charge >= 0.3 is 0 Å². The van der Waals surface area contributed by atoms with Crippen LogP contribution in [0.3, 0.4) is 0 Å². The summed E-state index contributed by atoms with van der Waals surface area (Å²) in [4.78, 5) is 0. The molecule has 0 rings (SSSR count). The molecule has 0 heterocycles. The van der Waals surface area contributed by atoms with E-state index in [0.29, 0.717) is 0 Å². The van der Waals surface area contributed by atoms with Crippen LogP contribution in [0.25, 0.3) is 0 Å². The number of hydrogen-bond acceptors (Lipinski definition) is 3. The Morgan fingerprint density at radius 3 is 2.60 bits per heavy atom. The lowest BCUT2D eigenvalue weighted by atomic mass is 10.2. The predicted molar refractivity (Wildman–Crippen MR) is 49.4 cm³/mol. The molecule has 1 atom stereocenters. The van der Waals surface area contributed by atoms with Crippen molar-refractivity contribution in [1.82, 2.24) is 10.6 Å². The number of nitrogens with one attached hydrogen (secondary N) is 2. The third-order valence-electron chi connectivity index (χ3n) is 1.39. The van der Waals surface area contributed by atoms with Gasteiger partial charge in [0.15, 0.2) is 0 Å². The Kier molecular flexibility index (Phi) is 7.58. The van der Waals surface area contributed by atoms with E-state index in [-0.39, 0.29) is 5.50 Å². The summed E-state index contributed by atoms with van der Waals surface area (Å²) in [5.74, 6) is 0. The standard InChI is InChI=1S/C7H18N2S/c1-3-4-5-6-9-7(10)8-2/h7-10H,3-6H2,1-2H3. The molecule has 0 saturated carbocycles. The second kappa shape index (κ2) is 7.38. The van der Waals surface area contributed by atoms with Crippen molar-refractivity contribution in [2.45, 2.75) is 31.7 Å². The highest BCUT2D eigenvalue weighted by molar-refractivity contribution is 7.80. The van der Waals surface area contributed by atoms with Gasteiger partial charge in [0.2, 0.25) is 0 Å². The van der Waals surface area contributed by atoms with Crippen molar-refractivity contribution < 1.29 is 0 Å². The molecular formula is C7H18N2S. The van der Waals surface area contributed by atoms with Gasteiger partial charge < -0.3 is 0 Å². The maximum absolute atomic E-state index is 4.21. The smallest absolute Gasteiger partial charge is 0.102 e. The van der Waals surface area contributed by atoms with E-state index < -0.39 is 0 Å². The summed E-state index contributed by atoms with van der Waals surface area (Å²) in [6.45, 7) is 3.26. The summed E-state index contributed by atoms with van der Waals surface area (Å²) in [5, 5.41) is 6.22. The minimum absolute atomic E-state index is 0.150. The first-order chi connectivity index (χ1) is 4.81. The van der Waals surface area contributed by atoms with E-state index in [0.717, 1.165) is 6.54 Å². The van der Waals surface area contributed by atoms with Crippen LogP contribution in [-0.4, -0.2) is 19.1 Å². The molecule has 0 radical (unpaired) electrons. The molecule has 0 aromatic heterocycles. The summed E-state index contributed by atoms with van der Waals surface area (Å²) in [5.41, 5.74) is 0.150. The highest BCUT2D eigenvalue weighted by Gasteiger charge is 1.93. The molecule has 0 fully saturated rings. The van der Waals surface area contributed by atoms with Gasteiger partial charge in [-0.05, 0) is 20.0 Å². The van der Waals surface area contributed by atoms with Gasteiger partial charge in [0.05, 0.1) is 0 Å². The van der Waals surface area contributed by atoms with Crippen LogP contribution in [0.1, 0.15) is 26.2 Å². The molecule has 0 aliphatic rings. The van der Waals surface area contributed by atoms with Crippen molar-refractivity contribution in [1.29, 1.82) is 0 Å². The van der Waals surface area contributed by atoms with Crippen LogP contribution in [0.2, 0.25) is 0 Å². The van der Waals surface area contributed by atoms with Crippen LogP contribution in [0.4, 0.5) is 0 Å². The second-order valence-electron chi connectivity index (χ2n) is 2.35. The minimum Gasteiger partial charge on any atom is -0.297 e. The lowest BCUT2D eigenvalue weighted by Crippen LogP contribution is -2.35. The van der Waals surface area contributed by atoms with Gasteiger partial charge in [0.25, 0.3) is 0 Å². The molecule has 0 spiro atoms. The molecule has 2 N–H and O–H groups in total. The molecule has 2 nitrogen and oxygen atoms in total. The summed E-state index contributed by atoms with van der Waals surface area (Å²) in [6, 6.07) is 0. The van der Waals surface area contributed by atoms with Gasteiger partial charge in [-0.1, -0.05) is 19.8 Å². The van der Waals surface area contributed by atoms with Crippen molar-refractivity contribution in [3.05, 3.63) is 0 Å². The van der Waals surface area contributed by atoms with E-state index in [1.54, 1.807) is 0 Å². The molecule has 0 aromatic rings. The Balaban J connectivity index is 2.89. The summed E-state index contributed by atoms with van der Waals surface area (Å²) in [6.07, 6.45) is 3.82. The van der Waals surface area contributed by atoms with Gasteiger partial charge in [-0.25, -0.2) is 0 Å². The van der Waals surface area contributed by atoms with Crippen LogP contribution in [0.5, 0.6) is 0 Å². The number of hydrogen-bond donors (Lipinski definition) is 3. The summed E-state index contributed by atoms with van der Waals surface area (Å²) < 4.78 is 0. The van der Waals surface area contributed by atoms with Crippen LogP contribution in [0, 0.1) is 0 Å². The molecule has 0 aliphatic carbocycles. The average Bonchev–Trinajstić information content (AvgIpc) is 1.98. The third-order valence-corrected chi connectivity index (χ3v) is 1.83. The van der Waals surface area contributed by atoms with E-state index in [4.69, 9.17) is 0 Å². The molecule has 0 saturated heterocycles. The maximum atomic E-state index is 4.21. The Morgan fingerprint density at radius 2 is 2.10 bits per heavy atom. The highest BCUT2D eigenvalue weighted by Crippen LogP contribution is 1.92. The first kappa shape index (κ1) is 10.3. The topological polar surface area (TPSA) is 24.1 Å². The van der Waals surface area contributed by atoms with Crippen LogP contribution in [-0.2, 0) is 0 Å². The van der Waals surface area contributed by atoms with Crippen LogP contribution < -0.4 is 10.6 Å².